The molecule has 0 fully saturated rings. The van der Waals surface area contributed by atoms with Crippen molar-refractivity contribution < 1.29 is 17.7 Å². The first kappa shape index (κ1) is 19.0. The monoisotopic (exact) mass is 294 g/mol. The molecule has 0 heterocycles. The minimum atomic E-state index is -2.56. The molecule has 0 bridgehead atoms. The highest BCUT2D eigenvalue weighted by molar-refractivity contribution is 6.60. The van der Waals surface area contributed by atoms with Crippen LogP contribution in [0, 0.1) is 0 Å². The Morgan fingerprint density at radius 2 is 1.32 bits per heavy atom. The summed E-state index contributed by atoms with van der Waals surface area (Å²) in [5.74, 6) is 0. The van der Waals surface area contributed by atoms with Crippen molar-refractivity contribution in [3.8, 4) is 0 Å². The van der Waals surface area contributed by atoms with E-state index >= 15 is 0 Å². The number of hydrogen-bond donors (Lipinski definition) is 0. The maximum atomic E-state index is 13.6. The summed E-state index contributed by atoms with van der Waals surface area (Å²) in [4.78, 5) is 0. The molecule has 0 saturated heterocycles. The Bertz CT molecular complexity index is 188. The Kier molecular flexibility index (Phi) is 11.8. The summed E-state index contributed by atoms with van der Waals surface area (Å²) in [6.45, 7) is 9.67. The highest BCUT2D eigenvalue weighted by Gasteiger charge is 2.39. The molecule has 0 aliphatic heterocycles. The van der Waals surface area contributed by atoms with Crippen molar-refractivity contribution in [3.05, 3.63) is 0 Å². The summed E-state index contributed by atoms with van der Waals surface area (Å²) >= 11 is 0. The minimum Gasteiger partial charge on any atom is -0.374 e. The number of alkyl halides is 1. The van der Waals surface area contributed by atoms with Crippen molar-refractivity contribution in [2.45, 2.75) is 72.0 Å². The molecule has 0 radical (unpaired) electrons. The molecule has 0 rings (SSSR count). The number of halogens is 1. The van der Waals surface area contributed by atoms with Gasteiger partial charge in [0, 0.05) is 25.9 Å². The molecule has 0 amide bonds. The summed E-state index contributed by atoms with van der Waals surface area (Å²) < 4.78 is 30.9. The summed E-state index contributed by atoms with van der Waals surface area (Å²) in [5, 5.41) is 0. The van der Waals surface area contributed by atoms with Crippen LogP contribution in [0.4, 0.5) is 4.39 Å². The predicted molar refractivity (Wildman–Crippen MR) is 79.1 cm³/mol. The van der Waals surface area contributed by atoms with Gasteiger partial charge < -0.3 is 13.3 Å². The van der Waals surface area contributed by atoms with E-state index in [0.717, 1.165) is 25.3 Å². The van der Waals surface area contributed by atoms with Crippen LogP contribution in [0.3, 0.4) is 0 Å². The van der Waals surface area contributed by atoms with Gasteiger partial charge in [-0.25, -0.2) is 4.39 Å². The first-order chi connectivity index (χ1) is 9.14. The fraction of sp³-hybridized carbons (Fsp3) is 1.00. The van der Waals surface area contributed by atoms with Crippen LogP contribution in [0.25, 0.3) is 0 Å². The van der Waals surface area contributed by atoms with E-state index in [-0.39, 0.29) is 0 Å². The summed E-state index contributed by atoms with van der Waals surface area (Å²) in [6.07, 6.45) is 3.35. The van der Waals surface area contributed by atoms with E-state index in [2.05, 4.69) is 6.92 Å². The molecule has 0 aliphatic carbocycles. The Labute approximate surface area is 119 Å². The van der Waals surface area contributed by atoms with Crippen LogP contribution in [-0.4, -0.2) is 34.8 Å². The van der Waals surface area contributed by atoms with E-state index in [1.807, 2.05) is 20.8 Å². The maximum Gasteiger partial charge on any atom is 0.500 e. The lowest BCUT2D eigenvalue weighted by molar-refractivity contribution is 0.0701. The van der Waals surface area contributed by atoms with Crippen LogP contribution in [0.1, 0.15) is 59.8 Å². The predicted octanol–water partition coefficient (Wildman–Crippen LogP) is 4.34. The van der Waals surface area contributed by atoms with Crippen LogP contribution < -0.4 is 0 Å². The smallest absolute Gasteiger partial charge is 0.374 e. The molecule has 0 saturated carbocycles. The van der Waals surface area contributed by atoms with Crippen LogP contribution in [0.15, 0.2) is 0 Å². The lowest BCUT2D eigenvalue weighted by atomic mass is 10.1. The third-order valence-corrected chi connectivity index (χ3v) is 6.12. The molecule has 0 N–H and O–H groups in total. The van der Waals surface area contributed by atoms with E-state index < -0.39 is 15.0 Å². The Balaban J connectivity index is 4.15. The second-order valence-corrected chi connectivity index (χ2v) is 7.35. The molecule has 5 heteroatoms. The van der Waals surface area contributed by atoms with Crippen molar-refractivity contribution in [2.24, 2.45) is 0 Å². The zero-order chi connectivity index (χ0) is 14.6. The number of unbranched alkanes of at least 4 members (excludes halogenated alkanes) is 1. The van der Waals surface area contributed by atoms with Gasteiger partial charge in [-0.2, -0.15) is 0 Å². The molecule has 0 aliphatic rings. The minimum absolute atomic E-state index is 0.584. The SMILES string of the molecule is CCCCC(F)CCC[Si](OCC)(OCC)OCC. The molecule has 0 spiro atoms. The van der Waals surface area contributed by atoms with Gasteiger partial charge in [0.15, 0.2) is 0 Å². The first-order valence-corrected chi connectivity index (χ1v) is 9.63. The summed E-state index contributed by atoms with van der Waals surface area (Å²) in [6, 6.07) is 0.717. The zero-order valence-corrected chi connectivity index (χ0v) is 14.0. The Hall–Kier alpha value is 0.0269. The van der Waals surface area contributed by atoms with Crippen LogP contribution in [0.2, 0.25) is 6.04 Å². The van der Waals surface area contributed by atoms with Crippen molar-refractivity contribution >= 4 is 8.80 Å². The number of rotatable bonds is 13. The highest BCUT2D eigenvalue weighted by Crippen LogP contribution is 2.21. The van der Waals surface area contributed by atoms with Crippen molar-refractivity contribution in [2.75, 3.05) is 19.8 Å². The summed E-state index contributed by atoms with van der Waals surface area (Å²) in [7, 11) is -2.56. The van der Waals surface area contributed by atoms with E-state index in [9.17, 15) is 4.39 Å². The molecule has 1 atom stereocenters. The molecule has 0 aromatic rings. The molecular weight excluding hydrogens is 263 g/mol. The van der Waals surface area contributed by atoms with Crippen LogP contribution in [-0.2, 0) is 13.3 Å². The van der Waals surface area contributed by atoms with E-state index in [0.29, 0.717) is 32.7 Å². The van der Waals surface area contributed by atoms with Gasteiger partial charge in [0.1, 0.15) is 6.17 Å². The van der Waals surface area contributed by atoms with Gasteiger partial charge in [0.2, 0.25) is 0 Å². The largest absolute Gasteiger partial charge is 0.500 e. The fourth-order valence-electron chi connectivity index (χ4n) is 2.11. The third-order valence-electron chi connectivity index (χ3n) is 2.96. The van der Waals surface area contributed by atoms with Gasteiger partial charge in [-0.3, -0.25) is 0 Å². The van der Waals surface area contributed by atoms with Gasteiger partial charge in [0.05, 0.1) is 0 Å². The maximum absolute atomic E-state index is 13.6. The third kappa shape index (κ3) is 8.73. The van der Waals surface area contributed by atoms with Crippen LogP contribution in [0.5, 0.6) is 0 Å². The van der Waals surface area contributed by atoms with Gasteiger partial charge in [0.25, 0.3) is 0 Å². The molecule has 0 aromatic carbocycles. The van der Waals surface area contributed by atoms with E-state index in [1.165, 1.54) is 0 Å². The molecule has 3 nitrogen and oxygen atoms in total. The van der Waals surface area contributed by atoms with Gasteiger partial charge in [-0.1, -0.05) is 19.8 Å². The number of hydrogen-bond acceptors (Lipinski definition) is 3. The summed E-state index contributed by atoms with van der Waals surface area (Å²) in [5.41, 5.74) is 0. The lowest BCUT2D eigenvalue weighted by Gasteiger charge is -2.28. The standard InChI is InChI=1S/C14H31FO3Si/c1-5-9-11-14(15)12-10-13-19(16-6-2,17-7-3)18-8-4/h14H,5-13H2,1-4H3. The fourth-order valence-corrected chi connectivity index (χ4v) is 4.75. The van der Waals surface area contributed by atoms with Crippen molar-refractivity contribution in [1.29, 1.82) is 0 Å². The van der Waals surface area contributed by atoms with Crippen molar-refractivity contribution in [3.63, 3.8) is 0 Å². The van der Waals surface area contributed by atoms with Crippen LogP contribution >= 0.6 is 0 Å². The average molecular weight is 294 g/mol. The molecular formula is C14H31FO3Si. The Morgan fingerprint density at radius 1 is 0.842 bits per heavy atom. The van der Waals surface area contributed by atoms with E-state index in [4.69, 9.17) is 13.3 Å². The topological polar surface area (TPSA) is 27.7 Å². The molecule has 0 aromatic heterocycles. The molecule has 19 heavy (non-hydrogen) atoms. The quantitative estimate of drug-likeness (QED) is 0.473. The lowest BCUT2D eigenvalue weighted by Crippen LogP contribution is -2.46. The second-order valence-electron chi connectivity index (χ2n) is 4.61. The van der Waals surface area contributed by atoms with E-state index in [1.54, 1.807) is 0 Å². The normalized spacial score (nSPS) is 13.7. The molecule has 1 unspecified atom stereocenters. The van der Waals surface area contributed by atoms with Gasteiger partial charge in [-0.05, 0) is 40.0 Å². The highest BCUT2D eigenvalue weighted by atomic mass is 28.4. The zero-order valence-electron chi connectivity index (χ0n) is 13.0. The van der Waals surface area contributed by atoms with Gasteiger partial charge >= 0.3 is 8.80 Å². The first-order valence-electron chi connectivity index (χ1n) is 7.70. The average Bonchev–Trinajstić information content (AvgIpc) is 2.37. The molecule has 116 valence electrons. The van der Waals surface area contributed by atoms with Crippen molar-refractivity contribution in [1.82, 2.24) is 0 Å². The Morgan fingerprint density at radius 3 is 1.74 bits per heavy atom. The second kappa shape index (κ2) is 11.8. The van der Waals surface area contributed by atoms with Gasteiger partial charge in [-0.15, -0.1) is 0 Å².